The highest BCUT2D eigenvalue weighted by Gasteiger charge is 2.13. The number of aryl methyl sites for hydroxylation is 1. The van der Waals surface area contributed by atoms with Crippen molar-refractivity contribution >= 4 is 23.2 Å². The molecule has 0 spiro atoms. The van der Waals surface area contributed by atoms with Crippen LogP contribution in [-0.2, 0) is 4.79 Å². The maximum absolute atomic E-state index is 12.5. The van der Waals surface area contributed by atoms with Gasteiger partial charge in [0.1, 0.15) is 5.75 Å². The third-order valence-corrected chi connectivity index (χ3v) is 3.72. The molecule has 0 aliphatic carbocycles. The molecule has 25 heavy (non-hydrogen) atoms. The van der Waals surface area contributed by atoms with E-state index in [1.165, 1.54) is 7.11 Å². The van der Waals surface area contributed by atoms with Crippen LogP contribution in [0.25, 0.3) is 0 Å². The maximum atomic E-state index is 12.5. The summed E-state index contributed by atoms with van der Waals surface area (Å²) in [5, 5.41) is 5.69. The number of rotatable bonds is 7. The Morgan fingerprint density at radius 2 is 1.88 bits per heavy atom. The molecule has 0 heterocycles. The molecule has 0 aliphatic rings. The van der Waals surface area contributed by atoms with Gasteiger partial charge in [-0.15, -0.1) is 0 Å². The summed E-state index contributed by atoms with van der Waals surface area (Å²) in [7, 11) is 1.53. The van der Waals surface area contributed by atoms with Gasteiger partial charge in [-0.05, 0) is 55.8 Å². The van der Waals surface area contributed by atoms with Crippen molar-refractivity contribution in [2.24, 2.45) is 5.73 Å². The van der Waals surface area contributed by atoms with Crippen molar-refractivity contribution in [3.63, 3.8) is 0 Å². The zero-order valence-corrected chi connectivity index (χ0v) is 14.5. The van der Waals surface area contributed by atoms with Crippen LogP contribution >= 0.6 is 0 Å². The first-order chi connectivity index (χ1) is 12.0. The Morgan fingerprint density at radius 1 is 1.12 bits per heavy atom. The van der Waals surface area contributed by atoms with Crippen LogP contribution in [0.1, 0.15) is 28.8 Å². The quantitative estimate of drug-likeness (QED) is 0.722. The van der Waals surface area contributed by atoms with E-state index in [0.29, 0.717) is 42.1 Å². The summed E-state index contributed by atoms with van der Waals surface area (Å²) in [4.78, 5) is 24.2. The maximum Gasteiger partial charge on any atom is 0.259 e. The van der Waals surface area contributed by atoms with Crippen LogP contribution in [0.3, 0.4) is 0 Å². The number of methoxy groups -OCH3 is 1. The van der Waals surface area contributed by atoms with E-state index < -0.39 is 0 Å². The third-order valence-electron chi connectivity index (χ3n) is 3.72. The first kappa shape index (κ1) is 18.5. The van der Waals surface area contributed by atoms with E-state index in [0.717, 1.165) is 5.56 Å². The van der Waals surface area contributed by atoms with Gasteiger partial charge in [-0.1, -0.05) is 12.1 Å². The van der Waals surface area contributed by atoms with Crippen LogP contribution in [0.5, 0.6) is 5.75 Å². The Kier molecular flexibility index (Phi) is 6.54. The number of hydrogen-bond acceptors (Lipinski definition) is 4. The number of nitrogens with two attached hydrogens (primary N) is 1. The van der Waals surface area contributed by atoms with E-state index in [1.807, 2.05) is 19.1 Å². The molecule has 0 saturated carbocycles. The van der Waals surface area contributed by atoms with Gasteiger partial charge < -0.3 is 21.1 Å². The number of nitrogens with one attached hydrogen (secondary N) is 2. The number of anilines is 2. The van der Waals surface area contributed by atoms with E-state index in [9.17, 15) is 9.59 Å². The average Bonchev–Trinajstić information content (AvgIpc) is 2.62. The largest absolute Gasteiger partial charge is 0.496 e. The minimum absolute atomic E-state index is 0.0735. The second-order valence-corrected chi connectivity index (χ2v) is 5.62. The summed E-state index contributed by atoms with van der Waals surface area (Å²) in [5.74, 6) is 0.192. The van der Waals surface area contributed by atoms with Crippen molar-refractivity contribution in [2.45, 2.75) is 19.8 Å². The summed E-state index contributed by atoms with van der Waals surface area (Å²) in [5.41, 5.74) is 8.08. The van der Waals surface area contributed by atoms with Crippen molar-refractivity contribution in [1.29, 1.82) is 0 Å². The van der Waals surface area contributed by atoms with Crippen LogP contribution in [-0.4, -0.2) is 25.5 Å². The smallest absolute Gasteiger partial charge is 0.259 e. The fraction of sp³-hybridized carbons (Fsp3) is 0.263. The standard InChI is InChI=1S/C19H23N3O3/c1-13-12-14(21-18(23)8-5-11-20)9-10-16(13)22-19(24)15-6-3-4-7-17(15)25-2/h3-4,6-7,9-10,12H,5,8,11,20H2,1-2H3,(H,21,23)(H,22,24). The van der Waals surface area contributed by atoms with E-state index >= 15 is 0 Å². The number of para-hydroxylation sites is 1. The van der Waals surface area contributed by atoms with Crippen LogP contribution in [0, 0.1) is 6.92 Å². The van der Waals surface area contributed by atoms with E-state index in [2.05, 4.69) is 10.6 Å². The third kappa shape index (κ3) is 5.06. The van der Waals surface area contributed by atoms with Crippen molar-refractivity contribution in [3.05, 3.63) is 53.6 Å². The second-order valence-electron chi connectivity index (χ2n) is 5.62. The molecule has 2 rings (SSSR count). The van der Waals surface area contributed by atoms with Gasteiger partial charge >= 0.3 is 0 Å². The molecule has 0 fully saturated rings. The lowest BCUT2D eigenvalue weighted by Gasteiger charge is -2.12. The molecule has 2 amide bonds. The lowest BCUT2D eigenvalue weighted by molar-refractivity contribution is -0.116. The number of carbonyl (C=O) groups is 2. The summed E-state index contributed by atoms with van der Waals surface area (Å²) in [6, 6.07) is 12.4. The molecule has 0 radical (unpaired) electrons. The average molecular weight is 341 g/mol. The van der Waals surface area contributed by atoms with Crippen molar-refractivity contribution < 1.29 is 14.3 Å². The number of amides is 2. The summed E-state index contributed by atoms with van der Waals surface area (Å²) in [6.45, 7) is 2.35. The Morgan fingerprint density at radius 3 is 2.56 bits per heavy atom. The van der Waals surface area contributed by atoms with E-state index in [1.54, 1.807) is 30.3 Å². The monoisotopic (exact) mass is 341 g/mol. The minimum Gasteiger partial charge on any atom is -0.496 e. The molecular weight excluding hydrogens is 318 g/mol. The topological polar surface area (TPSA) is 93.5 Å². The Labute approximate surface area is 147 Å². The van der Waals surface area contributed by atoms with Crippen LogP contribution < -0.4 is 21.1 Å². The van der Waals surface area contributed by atoms with Gasteiger partial charge in [-0.3, -0.25) is 9.59 Å². The molecule has 2 aromatic carbocycles. The molecule has 132 valence electrons. The van der Waals surface area contributed by atoms with E-state index in [4.69, 9.17) is 10.5 Å². The summed E-state index contributed by atoms with van der Waals surface area (Å²) >= 11 is 0. The van der Waals surface area contributed by atoms with Gasteiger partial charge in [0.15, 0.2) is 0 Å². The molecule has 2 aromatic rings. The number of carbonyl (C=O) groups excluding carboxylic acids is 2. The first-order valence-corrected chi connectivity index (χ1v) is 8.10. The van der Waals surface area contributed by atoms with Gasteiger partial charge in [-0.2, -0.15) is 0 Å². The molecule has 0 bridgehead atoms. The Balaban J connectivity index is 2.08. The van der Waals surface area contributed by atoms with Crippen LogP contribution in [0.2, 0.25) is 0 Å². The zero-order chi connectivity index (χ0) is 18.2. The lowest BCUT2D eigenvalue weighted by atomic mass is 10.1. The second kappa shape index (κ2) is 8.84. The normalized spacial score (nSPS) is 10.2. The van der Waals surface area contributed by atoms with Crippen LogP contribution in [0.15, 0.2) is 42.5 Å². The SMILES string of the molecule is COc1ccccc1C(=O)Nc1ccc(NC(=O)CCCN)cc1C. The van der Waals surface area contributed by atoms with Crippen molar-refractivity contribution in [3.8, 4) is 5.75 Å². The predicted molar refractivity (Wildman–Crippen MR) is 99.0 cm³/mol. The number of hydrogen-bond donors (Lipinski definition) is 3. The van der Waals surface area contributed by atoms with Gasteiger partial charge in [0.2, 0.25) is 5.91 Å². The van der Waals surface area contributed by atoms with Crippen LogP contribution in [0.4, 0.5) is 11.4 Å². The molecule has 0 saturated heterocycles. The predicted octanol–water partition coefficient (Wildman–Crippen LogP) is 2.93. The molecular formula is C19H23N3O3. The Hall–Kier alpha value is -2.86. The van der Waals surface area contributed by atoms with Crippen molar-refractivity contribution in [1.82, 2.24) is 0 Å². The highest BCUT2D eigenvalue weighted by Crippen LogP contribution is 2.23. The highest BCUT2D eigenvalue weighted by atomic mass is 16.5. The molecule has 4 N–H and O–H groups in total. The highest BCUT2D eigenvalue weighted by molar-refractivity contribution is 6.06. The fourth-order valence-electron chi connectivity index (χ4n) is 2.39. The lowest BCUT2D eigenvalue weighted by Crippen LogP contribution is -2.15. The molecule has 0 atom stereocenters. The fourth-order valence-corrected chi connectivity index (χ4v) is 2.39. The number of benzene rings is 2. The minimum atomic E-state index is -0.250. The Bertz CT molecular complexity index is 759. The van der Waals surface area contributed by atoms with Gasteiger partial charge in [0.05, 0.1) is 12.7 Å². The number of ether oxygens (including phenoxy) is 1. The van der Waals surface area contributed by atoms with Gasteiger partial charge in [-0.25, -0.2) is 0 Å². The van der Waals surface area contributed by atoms with Crippen molar-refractivity contribution in [2.75, 3.05) is 24.3 Å². The molecule has 0 aromatic heterocycles. The van der Waals surface area contributed by atoms with Gasteiger partial charge in [0, 0.05) is 17.8 Å². The summed E-state index contributed by atoms with van der Waals surface area (Å²) in [6.07, 6.45) is 1.04. The van der Waals surface area contributed by atoms with E-state index in [-0.39, 0.29) is 11.8 Å². The summed E-state index contributed by atoms with van der Waals surface area (Å²) < 4.78 is 5.21. The zero-order valence-electron chi connectivity index (χ0n) is 14.5. The molecule has 0 unspecified atom stereocenters. The molecule has 0 aliphatic heterocycles. The molecule has 6 heteroatoms. The first-order valence-electron chi connectivity index (χ1n) is 8.10. The van der Waals surface area contributed by atoms with Gasteiger partial charge in [0.25, 0.3) is 5.91 Å². The molecule has 6 nitrogen and oxygen atoms in total.